The Balaban J connectivity index is 2.08. The maximum Gasteiger partial charge on any atom is 0.189 e. The van der Waals surface area contributed by atoms with Crippen LogP contribution in [-0.2, 0) is 13.0 Å². The molecule has 0 atom stereocenters. The molecule has 0 saturated heterocycles. The fourth-order valence-corrected chi connectivity index (χ4v) is 2.35. The van der Waals surface area contributed by atoms with E-state index < -0.39 is 0 Å². The maximum atomic E-state index is 12.1. The molecule has 1 aromatic heterocycles. The van der Waals surface area contributed by atoms with E-state index in [-0.39, 0.29) is 12.2 Å². The van der Waals surface area contributed by atoms with E-state index in [4.69, 9.17) is 10.5 Å². The number of hydrogen-bond acceptors (Lipinski definition) is 5. The van der Waals surface area contributed by atoms with Crippen LogP contribution in [0.2, 0.25) is 0 Å². The number of carbonyl (C=O) groups is 1. The van der Waals surface area contributed by atoms with E-state index >= 15 is 0 Å². The molecule has 1 heterocycles. The Morgan fingerprint density at radius 3 is 2.95 bits per heavy atom. The molecular formula is C13H15BrN4O2. The molecule has 1 aromatic carbocycles. The summed E-state index contributed by atoms with van der Waals surface area (Å²) in [6.07, 6.45) is 1.89. The van der Waals surface area contributed by atoms with Crippen LogP contribution in [0, 0.1) is 0 Å². The summed E-state index contributed by atoms with van der Waals surface area (Å²) in [6, 6.07) is 5.53. The van der Waals surface area contributed by atoms with Gasteiger partial charge in [-0.25, -0.2) is 0 Å². The van der Waals surface area contributed by atoms with Gasteiger partial charge in [-0.3, -0.25) is 9.48 Å². The van der Waals surface area contributed by atoms with Crippen molar-refractivity contribution in [1.82, 2.24) is 15.0 Å². The van der Waals surface area contributed by atoms with Crippen molar-refractivity contribution in [1.29, 1.82) is 0 Å². The summed E-state index contributed by atoms with van der Waals surface area (Å²) in [6.45, 7) is 1.01. The molecule has 2 rings (SSSR count). The number of aromatic nitrogens is 3. The van der Waals surface area contributed by atoms with Crippen molar-refractivity contribution in [3.05, 3.63) is 40.1 Å². The Morgan fingerprint density at radius 1 is 1.50 bits per heavy atom. The van der Waals surface area contributed by atoms with Gasteiger partial charge in [-0.1, -0.05) is 11.3 Å². The number of carbonyl (C=O) groups excluding carboxylic acids is 1. The molecule has 0 bridgehead atoms. The van der Waals surface area contributed by atoms with Crippen LogP contribution in [0.1, 0.15) is 16.1 Å². The lowest BCUT2D eigenvalue weighted by Crippen LogP contribution is -2.10. The molecule has 7 heteroatoms. The summed E-state index contributed by atoms with van der Waals surface area (Å²) in [5, 5.41) is 7.71. The highest BCUT2D eigenvalue weighted by atomic mass is 79.9. The number of benzene rings is 1. The molecule has 20 heavy (non-hydrogen) atoms. The number of nitrogens with two attached hydrogens (primary N) is 1. The molecule has 0 aliphatic heterocycles. The molecule has 0 aliphatic rings. The Labute approximate surface area is 125 Å². The van der Waals surface area contributed by atoms with Crippen molar-refractivity contribution >= 4 is 21.7 Å². The van der Waals surface area contributed by atoms with E-state index in [0.29, 0.717) is 18.8 Å². The van der Waals surface area contributed by atoms with Gasteiger partial charge in [-0.15, -0.1) is 5.10 Å². The summed E-state index contributed by atoms with van der Waals surface area (Å²) in [5.41, 5.74) is 6.66. The topological polar surface area (TPSA) is 83.0 Å². The molecule has 0 spiro atoms. The molecule has 0 aliphatic carbocycles. The second-order valence-electron chi connectivity index (χ2n) is 4.22. The van der Waals surface area contributed by atoms with Crippen molar-refractivity contribution < 1.29 is 9.53 Å². The number of Topliss-reactive ketones (excluding diaryl/α,β-unsaturated/α-hetero) is 1. The lowest BCUT2D eigenvalue weighted by molar-refractivity contribution is 0.0988. The number of halogens is 1. The van der Waals surface area contributed by atoms with Crippen LogP contribution < -0.4 is 10.5 Å². The predicted molar refractivity (Wildman–Crippen MR) is 77.8 cm³/mol. The Morgan fingerprint density at radius 2 is 2.30 bits per heavy atom. The van der Waals surface area contributed by atoms with Gasteiger partial charge in [-0.2, -0.15) is 0 Å². The molecule has 0 amide bonds. The fraction of sp³-hybridized carbons (Fsp3) is 0.308. The normalized spacial score (nSPS) is 10.6. The van der Waals surface area contributed by atoms with Gasteiger partial charge in [0.15, 0.2) is 5.78 Å². The minimum atomic E-state index is -0.0784. The van der Waals surface area contributed by atoms with Crippen molar-refractivity contribution in [2.24, 2.45) is 5.73 Å². The minimum Gasteiger partial charge on any atom is -0.496 e. The molecule has 0 radical (unpaired) electrons. The lowest BCUT2D eigenvalue weighted by atomic mass is 10.1. The Hall–Kier alpha value is -1.73. The van der Waals surface area contributed by atoms with Crippen molar-refractivity contribution in [3.8, 4) is 5.75 Å². The van der Waals surface area contributed by atoms with E-state index in [9.17, 15) is 4.79 Å². The molecule has 0 fully saturated rings. The summed E-state index contributed by atoms with van der Waals surface area (Å²) in [5.74, 6) is 0.653. The van der Waals surface area contributed by atoms with E-state index in [0.717, 1.165) is 15.8 Å². The Kier molecular flexibility index (Phi) is 4.86. The number of methoxy groups -OCH3 is 1. The highest BCUT2D eigenvalue weighted by molar-refractivity contribution is 9.10. The van der Waals surface area contributed by atoms with Crippen LogP contribution in [-0.4, -0.2) is 34.4 Å². The average Bonchev–Trinajstić information content (AvgIpc) is 2.88. The molecule has 0 unspecified atom stereocenters. The zero-order valence-corrected chi connectivity index (χ0v) is 12.6. The minimum absolute atomic E-state index is 0.0784. The van der Waals surface area contributed by atoms with Crippen molar-refractivity contribution in [2.45, 2.75) is 13.0 Å². The molecule has 0 saturated carbocycles. The van der Waals surface area contributed by atoms with Crippen molar-refractivity contribution in [2.75, 3.05) is 13.7 Å². The number of ketones is 1. The summed E-state index contributed by atoms with van der Waals surface area (Å²) >= 11 is 3.40. The quantitative estimate of drug-likeness (QED) is 0.805. The highest BCUT2D eigenvalue weighted by Crippen LogP contribution is 2.25. The third-order valence-corrected chi connectivity index (χ3v) is 3.38. The number of hydrogen-bond donors (Lipinski definition) is 1. The van der Waals surface area contributed by atoms with Gasteiger partial charge in [-0.05, 0) is 33.6 Å². The Bertz CT molecular complexity index is 612. The van der Waals surface area contributed by atoms with E-state index in [2.05, 4.69) is 26.2 Å². The van der Waals surface area contributed by atoms with Crippen molar-refractivity contribution in [3.63, 3.8) is 0 Å². The second-order valence-corrected chi connectivity index (χ2v) is 5.08. The molecule has 2 N–H and O–H groups in total. The predicted octanol–water partition coefficient (Wildman–Crippen LogP) is 1.43. The monoisotopic (exact) mass is 338 g/mol. The number of rotatable bonds is 6. The average molecular weight is 339 g/mol. The van der Waals surface area contributed by atoms with E-state index in [1.807, 2.05) is 18.2 Å². The first-order chi connectivity index (χ1) is 9.63. The fourth-order valence-electron chi connectivity index (χ4n) is 1.76. The van der Waals surface area contributed by atoms with Gasteiger partial charge < -0.3 is 10.5 Å². The number of nitrogens with zero attached hydrogens (tertiary/aromatic N) is 3. The zero-order chi connectivity index (χ0) is 14.5. The molecule has 106 valence electrons. The smallest absolute Gasteiger partial charge is 0.189 e. The summed E-state index contributed by atoms with van der Waals surface area (Å²) in [4.78, 5) is 12.1. The van der Waals surface area contributed by atoms with Gasteiger partial charge in [0.1, 0.15) is 11.4 Å². The van der Waals surface area contributed by atoms with Gasteiger partial charge in [0.25, 0.3) is 0 Å². The first kappa shape index (κ1) is 14.7. The van der Waals surface area contributed by atoms with Crippen LogP contribution in [0.25, 0.3) is 0 Å². The van der Waals surface area contributed by atoms with Gasteiger partial charge >= 0.3 is 0 Å². The van der Waals surface area contributed by atoms with Gasteiger partial charge in [0.2, 0.25) is 0 Å². The third-order valence-electron chi connectivity index (χ3n) is 2.76. The molecule has 2 aromatic rings. The standard InChI is InChI=1S/C13H15BrN4O2/c1-20-13-3-2-9(6-10(13)14)7-12(19)11-8-18(5-4-15)17-16-11/h2-3,6,8H,4-5,7,15H2,1H3. The summed E-state index contributed by atoms with van der Waals surface area (Å²) < 4.78 is 7.53. The number of ether oxygens (including phenoxy) is 1. The molecule has 6 nitrogen and oxygen atoms in total. The largest absolute Gasteiger partial charge is 0.496 e. The van der Waals surface area contributed by atoms with Gasteiger partial charge in [0, 0.05) is 13.0 Å². The maximum absolute atomic E-state index is 12.1. The third kappa shape index (κ3) is 3.43. The van der Waals surface area contributed by atoms with Crippen LogP contribution in [0.4, 0.5) is 0 Å². The van der Waals surface area contributed by atoms with E-state index in [1.54, 1.807) is 18.0 Å². The zero-order valence-electron chi connectivity index (χ0n) is 11.0. The van der Waals surface area contributed by atoms with E-state index in [1.165, 1.54) is 0 Å². The lowest BCUT2D eigenvalue weighted by Gasteiger charge is -2.05. The van der Waals surface area contributed by atoms with Crippen LogP contribution >= 0.6 is 15.9 Å². The van der Waals surface area contributed by atoms with Crippen LogP contribution in [0.15, 0.2) is 28.9 Å². The first-order valence-corrected chi connectivity index (χ1v) is 6.89. The van der Waals surface area contributed by atoms with Crippen LogP contribution in [0.3, 0.4) is 0 Å². The second kappa shape index (κ2) is 6.62. The molecular weight excluding hydrogens is 324 g/mol. The SMILES string of the molecule is COc1ccc(CC(=O)c2cn(CCN)nn2)cc1Br. The summed E-state index contributed by atoms with van der Waals surface area (Å²) in [7, 11) is 1.60. The first-order valence-electron chi connectivity index (χ1n) is 6.10. The highest BCUT2D eigenvalue weighted by Gasteiger charge is 2.12. The van der Waals surface area contributed by atoms with Crippen LogP contribution in [0.5, 0.6) is 5.75 Å². The van der Waals surface area contributed by atoms with Gasteiger partial charge in [0.05, 0.1) is 24.3 Å².